The van der Waals surface area contributed by atoms with Crippen LogP contribution in [0.5, 0.6) is 0 Å². The Morgan fingerprint density at radius 2 is 1.39 bits per heavy atom. The minimum Gasteiger partial charge on any atom is -0.469 e. The Hall–Kier alpha value is -5.76. The molecule has 0 unspecified atom stereocenters. The molecule has 3 aromatic carbocycles. The number of aryl methyl sites for hydroxylation is 1. The molecule has 4 rings (SSSR count). The molecule has 0 bridgehead atoms. The van der Waals surface area contributed by atoms with Gasteiger partial charge in [0.25, 0.3) is 0 Å². The number of nitrogens with zero attached hydrogens (tertiary/aromatic N) is 3. The standard InChI is InChI=1S/C42H55N7O7/c1-28(2)24-36(48(5)37(50)26-31-16-18-32(19-17-31)43-42(55)46-33-15-11-10-12-29(33)3)40(53)44-34(27-38(51)56-6)39(52)45-35(25-30-13-8-7-9-14-30)41(54)49-22-20-47(4)21-23-49/h7-19,28,34-36H,20-27H2,1-6H3,(H,44,53)(H,45,52)(H2,43,46,55)/t34-,35-,36-/m0/s1. The molecule has 14 heteroatoms. The van der Waals surface area contributed by atoms with E-state index in [2.05, 4.69) is 26.2 Å². The Kier molecular flexibility index (Phi) is 16.0. The van der Waals surface area contributed by atoms with Gasteiger partial charge >= 0.3 is 12.0 Å². The van der Waals surface area contributed by atoms with Crippen LogP contribution in [0.15, 0.2) is 78.9 Å². The van der Waals surface area contributed by atoms with Gasteiger partial charge in [0.2, 0.25) is 23.6 Å². The van der Waals surface area contributed by atoms with Crippen molar-refractivity contribution < 1.29 is 33.5 Å². The minimum atomic E-state index is -1.38. The molecule has 3 atom stereocenters. The number of benzene rings is 3. The number of piperazine rings is 1. The van der Waals surface area contributed by atoms with E-state index >= 15 is 0 Å². The van der Waals surface area contributed by atoms with Crippen LogP contribution in [-0.2, 0) is 41.6 Å². The first-order valence-electron chi connectivity index (χ1n) is 18.9. The summed E-state index contributed by atoms with van der Waals surface area (Å²) in [5, 5.41) is 11.1. The van der Waals surface area contributed by atoms with Crippen LogP contribution < -0.4 is 21.3 Å². The zero-order valence-electron chi connectivity index (χ0n) is 33.2. The summed E-state index contributed by atoms with van der Waals surface area (Å²) in [5.74, 6) is -2.68. The Balaban J connectivity index is 1.45. The number of carbonyl (C=O) groups excluding carboxylic acids is 6. The number of esters is 1. The molecule has 1 aliphatic rings. The predicted octanol–water partition coefficient (Wildman–Crippen LogP) is 3.60. The molecule has 1 saturated heterocycles. The highest BCUT2D eigenvalue weighted by atomic mass is 16.5. The van der Waals surface area contributed by atoms with E-state index in [0.29, 0.717) is 43.1 Å². The lowest BCUT2D eigenvalue weighted by Gasteiger charge is -2.35. The molecule has 1 aliphatic heterocycles. The van der Waals surface area contributed by atoms with Crippen molar-refractivity contribution in [1.29, 1.82) is 0 Å². The summed E-state index contributed by atoms with van der Waals surface area (Å²) in [6, 6.07) is 19.8. The third-order valence-electron chi connectivity index (χ3n) is 9.76. The first-order valence-corrected chi connectivity index (χ1v) is 18.9. The van der Waals surface area contributed by atoms with Gasteiger partial charge in [-0.15, -0.1) is 0 Å². The summed E-state index contributed by atoms with van der Waals surface area (Å²) in [4.78, 5) is 85.6. The first kappa shape index (κ1) is 43.0. The number of carbonyl (C=O) groups is 6. The van der Waals surface area contributed by atoms with Crippen molar-refractivity contribution in [3.8, 4) is 0 Å². The smallest absolute Gasteiger partial charge is 0.323 e. The van der Waals surface area contributed by atoms with Crippen molar-refractivity contribution in [2.75, 3.05) is 58.0 Å². The summed E-state index contributed by atoms with van der Waals surface area (Å²) >= 11 is 0. The number of amides is 6. The van der Waals surface area contributed by atoms with Crippen molar-refractivity contribution >= 4 is 47.0 Å². The van der Waals surface area contributed by atoms with Crippen molar-refractivity contribution in [1.82, 2.24) is 25.3 Å². The second-order valence-corrected chi connectivity index (χ2v) is 14.6. The Morgan fingerprint density at radius 3 is 2.02 bits per heavy atom. The largest absolute Gasteiger partial charge is 0.469 e. The van der Waals surface area contributed by atoms with Gasteiger partial charge in [0.1, 0.15) is 18.1 Å². The van der Waals surface area contributed by atoms with Crippen LogP contribution in [0.2, 0.25) is 0 Å². The van der Waals surface area contributed by atoms with Gasteiger partial charge in [-0.3, -0.25) is 24.0 Å². The Bertz CT molecular complexity index is 1810. The summed E-state index contributed by atoms with van der Waals surface area (Å²) in [6.07, 6.45) is -0.0283. The van der Waals surface area contributed by atoms with E-state index in [0.717, 1.165) is 11.1 Å². The van der Waals surface area contributed by atoms with Gasteiger partial charge in [-0.25, -0.2) is 4.79 Å². The third-order valence-corrected chi connectivity index (χ3v) is 9.76. The first-order chi connectivity index (χ1) is 26.7. The number of likely N-dealkylation sites (N-methyl/N-ethyl adjacent to an activating group) is 2. The highest BCUT2D eigenvalue weighted by molar-refractivity contribution is 6.00. The van der Waals surface area contributed by atoms with Crippen molar-refractivity contribution in [2.24, 2.45) is 5.92 Å². The number of hydrogen-bond donors (Lipinski definition) is 4. The summed E-state index contributed by atoms with van der Waals surface area (Å²) in [7, 11) is 4.70. The zero-order valence-corrected chi connectivity index (χ0v) is 33.2. The second-order valence-electron chi connectivity index (χ2n) is 14.6. The summed E-state index contributed by atoms with van der Waals surface area (Å²) in [6.45, 7) is 8.11. The molecular formula is C42H55N7O7. The van der Waals surface area contributed by atoms with Gasteiger partial charge in [0.05, 0.1) is 20.0 Å². The number of nitrogens with one attached hydrogen (secondary N) is 4. The summed E-state index contributed by atoms with van der Waals surface area (Å²) < 4.78 is 4.86. The third kappa shape index (κ3) is 12.9. The number of rotatable bonds is 16. The van der Waals surface area contributed by atoms with E-state index in [1.54, 1.807) is 29.2 Å². The van der Waals surface area contributed by atoms with Crippen LogP contribution >= 0.6 is 0 Å². The van der Waals surface area contributed by atoms with Crippen LogP contribution in [0.25, 0.3) is 0 Å². The van der Waals surface area contributed by atoms with Gasteiger partial charge in [-0.1, -0.05) is 74.5 Å². The van der Waals surface area contributed by atoms with Crippen LogP contribution in [0.4, 0.5) is 16.2 Å². The molecule has 0 aliphatic carbocycles. The molecule has 1 fully saturated rings. The van der Waals surface area contributed by atoms with Gasteiger partial charge < -0.3 is 40.7 Å². The van der Waals surface area contributed by atoms with E-state index in [9.17, 15) is 28.8 Å². The molecule has 0 radical (unpaired) electrons. The number of anilines is 2. The molecule has 6 amide bonds. The molecule has 56 heavy (non-hydrogen) atoms. The lowest BCUT2D eigenvalue weighted by atomic mass is 10.00. The topological polar surface area (TPSA) is 169 Å². The number of methoxy groups -OCH3 is 1. The molecule has 300 valence electrons. The molecule has 0 spiro atoms. The SMILES string of the molecule is COC(=O)C[C@H](NC(=O)[C@H](CC(C)C)N(C)C(=O)Cc1ccc(NC(=O)Nc2ccccc2C)cc1)C(=O)N[C@@H](Cc1ccccc1)C(=O)N1CCN(C)CC1. The number of para-hydroxylation sites is 1. The van der Waals surface area contributed by atoms with Crippen molar-refractivity contribution in [3.63, 3.8) is 0 Å². The average molecular weight is 770 g/mol. The fourth-order valence-corrected chi connectivity index (χ4v) is 6.36. The summed E-state index contributed by atoms with van der Waals surface area (Å²) in [5.41, 5.74) is 3.64. The Labute approximate surface area is 329 Å². The highest BCUT2D eigenvalue weighted by Gasteiger charge is 2.35. The van der Waals surface area contributed by atoms with E-state index < -0.39 is 48.4 Å². The average Bonchev–Trinajstić information content (AvgIpc) is 3.18. The number of ether oxygens (including phenoxy) is 1. The molecule has 1 heterocycles. The van der Waals surface area contributed by atoms with Crippen LogP contribution in [-0.4, -0.2) is 116 Å². The quantitative estimate of drug-likeness (QED) is 0.160. The number of urea groups is 1. The van der Waals surface area contributed by atoms with Crippen molar-refractivity contribution in [2.45, 2.75) is 64.6 Å². The molecular weight excluding hydrogens is 715 g/mol. The maximum Gasteiger partial charge on any atom is 0.323 e. The molecule has 14 nitrogen and oxygen atoms in total. The van der Waals surface area contributed by atoms with E-state index in [1.807, 2.05) is 82.4 Å². The lowest BCUT2D eigenvalue weighted by molar-refractivity contribution is -0.145. The lowest BCUT2D eigenvalue weighted by Crippen LogP contribution is -2.59. The maximum absolute atomic E-state index is 14.0. The molecule has 0 aromatic heterocycles. The van der Waals surface area contributed by atoms with Gasteiger partial charge in [0.15, 0.2) is 0 Å². The van der Waals surface area contributed by atoms with Gasteiger partial charge in [-0.2, -0.15) is 0 Å². The monoisotopic (exact) mass is 769 g/mol. The fraction of sp³-hybridized carbons (Fsp3) is 0.429. The minimum absolute atomic E-state index is 0.0125. The van der Waals surface area contributed by atoms with E-state index in [-0.39, 0.29) is 37.0 Å². The van der Waals surface area contributed by atoms with E-state index in [1.165, 1.54) is 19.1 Å². The van der Waals surface area contributed by atoms with Crippen LogP contribution in [0.3, 0.4) is 0 Å². The normalized spacial score (nSPS) is 14.5. The second kappa shape index (κ2) is 20.8. The van der Waals surface area contributed by atoms with Gasteiger partial charge in [-0.05, 0) is 61.2 Å². The Morgan fingerprint density at radius 1 is 0.768 bits per heavy atom. The van der Waals surface area contributed by atoms with Crippen molar-refractivity contribution in [3.05, 3.63) is 95.6 Å². The number of hydrogen-bond acceptors (Lipinski definition) is 8. The molecule has 0 saturated carbocycles. The fourth-order valence-electron chi connectivity index (χ4n) is 6.36. The molecule has 4 N–H and O–H groups in total. The van der Waals surface area contributed by atoms with Crippen LogP contribution in [0.1, 0.15) is 43.4 Å². The van der Waals surface area contributed by atoms with E-state index in [4.69, 9.17) is 4.74 Å². The maximum atomic E-state index is 14.0. The zero-order chi connectivity index (χ0) is 40.8. The predicted molar refractivity (Wildman–Crippen MR) is 215 cm³/mol. The van der Waals surface area contributed by atoms with Gasteiger partial charge in [0, 0.05) is 51.0 Å². The highest BCUT2D eigenvalue weighted by Crippen LogP contribution is 2.18. The molecule has 3 aromatic rings. The van der Waals surface area contributed by atoms with Crippen LogP contribution in [0, 0.1) is 12.8 Å².